The van der Waals surface area contributed by atoms with Crippen LogP contribution in [0, 0.1) is 6.92 Å². The van der Waals surface area contributed by atoms with Crippen molar-refractivity contribution in [3.8, 4) is 0 Å². The first-order valence-corrected chi connectivity index (χ1v) is 6.48. The van der Waals surface area contributed by atoms with E-state index in [9.17, 15) is 9.59 Å². The van der Waals surface area contributed by atoms with Crippen LogP contribution in [0.15, 0.2) is 23.1 Å². The Morgan fingerprint density at radius 2 is 2.20 bits per heavy atom. The molecule has 0 saturated carbocycles. The second kappa shape index (κ2) is 5.83. The number of fused-ring (bicyclic) bond motifs is 1. The van der Waals surface area contributed by atoms with E-state index in [2.05, 4.69) is 10.3 Å². The van der Waals surface area contributed by atoms with Crippen LogP contribution in [0.5, 0.6) is 0 Å². The summed E-state index contributed by atoms with van der Waals surface area (Å²) in [6.07, 6.45) is 1.52. The van der Waals surface area contributed by atoms with Gasteiger partial charge in [0.15, 0.2) is 0 Å². The summed E-state index contributed by atoms with van der Waals surface area (Å²) < 4.78 is 1.78. The van der Waals surface area contributed by atoms with Gasteiger partial charge in [0, 0.05) is 25.0 Å². The number of hydrogen-bond acceptors (Lipinski definition) is 4. The maximum absolute atomic E-state index is 12.3. The Balaban J connectivity index is 2.63. The normalized spacial score (nSPS) is 10.8. The zero-order valence-electron chi connectivity index (χ0n) is 11.5. The first kappa shape index (κ1) is 14.2. The van der Waals surface area contributed by atoms with Gasteiger partial charge in [0.2, 0.25) is 5.43 Å². The van der Waals surface area contributed by atoms with Gasteiger partial charge in [0.25, 0.3) is 5.91 Å². The van der Waals surface area contributed by atoms with Gasteiger partial charge in [-0.2, -0.15) is 0 Å². The third-order valence-corrected chi connectivity index (χ3v) is 3.04. The molecule has 0 aliphatic rings. The van der Waals surface area contributed by atoms with Gasteiger partial charge in [-0.05, 0) is 26.0 Å². The number of carbonyl (C=O) groups excluding carboxylic acids is 1. The number of aromatic nitrogens is 2. The number of nitrogens with one attached hydrogen (secondary N) is 1. The molecule has 106 valence electrons. The number of rotatable bonds is 4. The second-order valence-electron chi connectivity index (χ2n) is 4.46. The molecule has 0 aromatic carbocycles. The molecule has 0 unspecified atom stereocenters. The molecule has 0 aliphatic carbocycles. The highest BCUT2D eigenvalue weighted by Crippen LogP contribution is 2.10. The summed E-state index contributed by atoms with van der Waals surface area (Å²) >= 11 is 0. The molecule has 6 heteroatoms. The molecular weight excluding hydrogens is 258 g/mol. The summed E-state index contributed by atoms with van der Waals surface area (Å²) in [5.41, 5.74) is 1.12. The molecule has 2 aromatic heterocycles. The van der Waals surface area contributed by atoms with E-state index < -0.39 is 5.91 Å². The molecule has 0 spiro atoms. The van der Waals surface area contributed by atoms with Gasteiger partial charge >= 0.3 is 0 Å². The van der Waals surface area contributed by atoms with Crippen molar-refractivity contribution in [3.05, 3.63) is 39.8 Å². The summed E-state index contributed by atoms with van der Waals surface area (Å²) in [7, 11) is 0. The number of aliphatic hydroxyl groups excluding tert-OH is 1. The van der Waals surface area contributed by atoms with E-state index in [4.69, 9.17) is 5.11 Å². The van der Waals surface area contributed by atoms with Crippen LogP contribution in [0.25, 0.3) is 11.0 Å². The molecule has 2 heterocycles. The summed E-state index contributed by atoms with van der Waals surface area (Å²) in [4.78, 5) is 28.6. The van der Waals surface area contributed by atoms with Crippen LogP contribution in [0.3, 0.4) is 0 Å². The van der Waals surface area contributed by atoms with Gasteiger partial charge in [0.1, 0.15) is 11.2 Å². The van der Waals surface area contributed by atoms with Gasteiger partial charge in [-0.15, -0.1) is 0 Å². The lowest BCUT2D eigenvalue weighted by Crippen LogP contribution is -2.31. The second-order valence-corrected chi connectivity index (χ2v) is 4.46. The zero-order chi connectivity index (χ0) is 14.7. The monoisotopic (exact) mass is 275 g/mol. The Labute approximate surface area is 116 Å². The van der Waals surface area contributed by atoms with E-state index in [0.717, 1.165) is 5.69 Å². The molecule has 6 nitrogen and oxygen atoms in total. The predicted molar refractivity (Wildman–Crippen MR) is 75.8 cm³/mol. The van der Waals surface area contributed by atoms with Crippen molar-refractivity contribution in [1.82, 2.24) is 14.9 Å². The highest BCUT2D eigenvalue weighted by atomic mass is 16.3. The molecule has 0 fully saturated rings. The van der Waals surface area contributed by atoms with Crippen molar-refractivity contribution in [2.24, 2.45) is 0 Å². The van der Waals surface area contributed by atoms with Crippen LogP contribution in [-0.2, 0) is 6.54 Å². The summed E-state index contributed by atoms with van der Waals surface area (Å²) in [5, 5.41) is 11.6. The highest BCUT2D eigenvalue weighted by Gasteiger charge is 2.15. The quantitative estimate of drug-likeness (QED) is 0.848. The van der Waals surface area contributed by atoms with Crippen molar-refractivity contribution in [2.75, 3.05) is 13.2 Å². The number of aliphatic hydroxyl groups is 1. The third kappa shape index (κ3) is 2.55. The smallest absolute Gasteiger partial charge is 0.256 e. The van der Waals surface area contributed by atoms with E-state index in [1.807, 2.05) is 13.8 Å². The third-order valence-electron chi connectivity index (χ3n) is 3.04. The Kier molecular flexibility index (Phi) is 4.14. The van der Waals surface area contributed by atoms with E-state index in [1.165, 1.54) is 6.20 Å². The van der Waals surface area contributed by atoms with E-state index in [0.29, 0.717) is 17.6 Å². The standard InChI is InChI=1S/C14H17N3O3/c1-3-17-8-11(14(20)15-6-7-18)12(19)10-5-4-9(2)16-13(10)17/h4-5,8,18H,3,6-7H2,1-2H3,(H,15,20). The van der Waals surface area contributed by atoms with Crippen LogP contribution in [0.2, 0.25) is 0 Å². The first-order chi connectivity index (χ1) is 9.58. The van der Waals surface area contributed by atoms with Gasteiger partial charge in [0.05, 0.1) is 12.0 Å². The molecule has 20 heavy (non-hydrogen) atoms. The number of nitrogens with zero attached hydrogens (tertiary/aromatic N) is 2. The summed E-state index contributed by atoms with van der Waals surface area (Å²) in [6, 6.07) is 3.44. The lowest BCUT2D eigenvalue weighted by molar-refractivity contribution is 0.0943. The lowest BCUT2D eigenvalue weighted by Gasteiger charge is -2.11. The molecule has 2 rings (SSSR count). The van der Waals surface area contributed by atoms with Gasteiger partial charge in [-0.1, -0.05) is 0 Å². The average Bonchev–Trinajstić information content (AvgIpc) is 2.45. The molecule has 2 aromatic rings. The van der Waals surface area contributed by atoms with E-state index in [1.54, 1.807) is 16.7 Å². The SMILES string of the molecule is CCn1cc(C(=O)NCCO)c(=O)c2ccc(C)nc21. The fourth-order valence-electron chi connectivity index (χ4n) is 2.03. The lowest BCUT2D eigenvalue weighted by atomic mass is 10.1. The van der Waals surface area contributed by atoms with Crippen molar-refractivity contribution in [2.45, 2.75) is 20.4 Å². The molecule has 2 N–H and O–H groups in total. The number of pyridine rings is 2. The molecule has 0 aliphatic heterocycles. The van der Waals surface area contributed by atoms with Crippen LogP contribution in [0.4, 0.5) is 0 Å². The van der Waals surface area contributed by atoms with Gasteiger partial charge < -0.3 is 15.0 Å². The predicted octanol–water partition coefficient (Wildman–Crippen LogP) is 0.447. The molecular formula is C14H17N3O3. The van der Waals surface area contributed by atoms with Crippen molar-refractivity contribution < 1.29 is 9.90 Å². The highest BCUT2D eigenvalue weighted by molar-refractivity contribution is 5.96. The van der Waals surface area contributed by atoms with Gasteiger partial charge in [-0.25, -0.2) is 4.98 Å². The topological polar surface area (TPSA) is 84.2 Å². The molecule has 0 atom stereocenters. The Morgan fingerprint density at radius 3 is 2.85 bits per heavy atom. The maximum atomic E-state index is 12.3. The molecule has 0 radical (unpaired) electrons. The number of amides is 1. The molecule has 1 amide bonds. The first-order valence-electron chi connectivity index (χ1n) is 6.48. The van der Waals surface area contributed by atoms with Crippen molar-refractivity contribution >= 4 is 16.9 Å². The summed E-state index contributed by atoms with van der Waals surface area (Å²) in [6.45, 7) is 4.33. The van der Waals surface area contributed by atoms with Crippen LogP contribution >= 0.6 is 0 Å². The molecule has 0 saturated heterocycles. The van der Waals surface area contributed by atoms with Gasteiger partial charge in [-0.3, -0.25) is 9.59 Å². The minimum Gasteiger partial charge on any atom is -0.395 e. The Hall–Kier alpha value is -2.21. The fourth-order valence-corrected chi connectivity index (χ4v) is 2.03. The maximum Gasteiger partial charge on any atom is 0.256 e. The average molecular weight is 275 g/mol. The summed E-state index contributed by atoms with van der Waals surface area (Å²) in [5.74, 6) is -0.478. The Morgan fingerprint density at radius 1 is 1.45 bits per heavy atom. The number of aryl methyl sites for hydroxylation is 2. The Bertz CT molecular complexity index is 707. The van der Waals surface area contributed by atoms with E-state index >= 15 is 0 Å². The van der Waals surface area contributed by atoms with Crippen molar-refractivity contribution in [3.63, 3.8) is 0 Å². The fraction of sp³-hybridized carbons (Fsp3) is 0.357. The number of carbonyl (C=O) groups is 1. The molecule has 0 bridgehead atoms. The van der Waals surface area contributed by atoms with Crippen LogP contribution < -0.4 is 10.7 Å². The van der Waals surface area contributed by atoms with Crippen LogP contribution in [-0.4, -0.2) is 33.7 Å². The zero-order valence-corrected chi connectivity index (χ0v) is 11.5. The largest absolute Gasteiger partial charge is 0.395 e. The van der Waals surface area contributed by atoms with E-state index in [-0.39, 0.29) is 24.1 Å². The minimum atomic E-state index is -0.478. The minimum absolute atomic E-state index is 0.0680. The number of hydrogen-bond donors (Lipinski definition) is 2. The van der Waals surface area contributed by atoms with Crippen LogP contribution in [0.1, 0.15) is 23.0 Å². The van der Waals surface area contributed by atoms with Crippen molar-refractivity contribution in [1.29, 1.82) is 0 Å².